The van der Waals surface area contributed by atoms with E-state index in [4.69, 9.17) is 21.3 Å². The minimum absolute atomic E-state index is 0.0449. The normalized spacial score (nSPS) is 18.8. The first kappa shape index (κ1) is 17.8. The molecule has 7 nitrogen and oxygen atoms in total. The van der Waals surface area contributed by atoms with Crippen LogP contribution >= 0.6 is 11.6 Å². The number of benzene rings is 1. The molecule has 2 aromatic rings. The molecule has 8 heteroatoms. The molecule has 1 aromatic heterocycles. The van der Waals surface area contributed by atoms with Crippen molar-refractivity contribution >= 4 is 23.5 Å². The SMILES string of the molecule is C[C@H](Nc1nnc(-c2ccc(Cl)c(C#N)c2)o1)C(=O)N1CCC2(CC1)CC2. The van der Waals surface area contributed by atoms with Gasteiger partial charge in [0.05, 0.1) is 10.6 Å². The molecule has 1 spiro atoms. The average molecular weight is 386 g/mol. The monoisotopic (exact) mass is 385 g/mol. The van der Waals surface area contributed by atoms with E-state index < -0.39 is 6.04 Å². The number of nitrogens with one attached hydrogen (secondary N) is 1. The highest BCUT2D eigenvalue weighted by Gasteiger charge is 2.45. The Kier molecular flexibility index (Phi) is 4.52. The van der Waals surface area contributed by atoms with Gasteiger partial charge in [0.1, 0.15) is 12.1 Å². The third-order valence-corrected chi connectivity index (χ3v) is 5.89. The maximum absolute atomic E-state index is 12.7. The molecule has 2 aliphatic rings. The first-order valence-electron chi connectivity index (χ1n) is 9.09. The second-order valence-electron chi connectivity index (χ2n) is 7.41. The number of amides is 1. The van der Waals surface area contributed by atoms with Gasteiger partial charge in [0, 0.05) is 18.7 Å². The molecular formula is C19H20ClN5O2. The number of rotatable bonds is 4. The predicted octanol–water partition coefficient (Wildman–Crippen LogP) is 3.46. The standard InChI is InChI=1S/C19H20ClN5O2/c1-12(17(26)25-8-6-19(4-5-19)7-9-25)22-18-24-23-16(27-18)13-2-3-15(20)14(10-13)11-21/h2-3,10,12H,4-9H2,1H3,(H,22,24)/t12-/m0/s1. The van der Waals surface area contributed by atoms with Crippen molar-refractivity contribution in [2.75, 3.05) is 18.4 Å². The lowest BCUT2D eigenvalue weighted by Crippen LogP contribution is -2.45. The number of halogens is 1. The molecule has 1 saturated carbocycles. The van der Waals surface area contributed by atoms with E-state index in [-0.39, 0.29) is 17.8 Å². The first-order valence-corrected chi connectivity index (χ1v) is 9.46. The smallest absolute Gasteiger partial charge is 0.316 e. The van der Waals surface area contributed by atoms with Crippen molar-refractivity contribution in [1.29, 1.82) is 5.26 Å². The summed E-state index contributed by atoms with van der Waals surface area (Å²) in [4.78, 5) is 14.6. The number of anilines is 1. The van der Waals surface area contributed by atoms with Gasteiger partial charge in [-0.1, -0.05) is 16.7 Å². The summed E-state index contributed by atoms with van der Waals surface area (Å²) in [5.41, 5.74) is 1.47. The molecule has 0 unspecified atom stereocenters. The van der Waals surface area contributed by atoms with E-state index in [0.717, 1.165) is 25.9 Å². The summed E-state index contributed by atoms with van der Waals surface area (Å²) in [5, 5.41) is 20.4. The molecule has 0 radical (unpaired) electrons. The number of aromatic nitrogens is 2. The van der Waals surface area contributed by atoms with E-state index >= 15 is 0 Å². The van der Waals surface area contributed by atoms with Gasteiger partial charge in [-0.15, -0.1) is 5.10 Å². The molecule has 1 amide bonds. The van der Waals surface area contributed by atoms with Crippen molar-refractivity contribution in [3.63, 3.8) is 0 Å². The van der Waals surface area contributed by atoms with Gasteiger partial charge in [-0.3, -0.25) is 4.79 Å². The largest absolute Gasteiger partial charge is 0.403 e. The van der Waals surface area contributed by atoms with E-state index in [1.807, 2.05) is 11.0 Å². The summed E-state index contributed by atoms with van der Waals surface area (Å²) in [6.07, 6.45) is 4.83. The summed E-state index contributed by atoms with van der Waals surface area (Å²) in [5.74, 6) is 0.308. The summed E-state index contributed by atoms with van der Waals surface area (Å²) >= 11 is 5.94. The van der Waals surface area contributed by atoms with Gasteiger partial charge < -0.3 is 14.6 Å². The zero-order chi connectivity index (χ0) is 19.0. The van der Waals surface area contributed by atoms with E-state index in [1.54, 1.807) is 25.1 Å². The number of nitrogens with zero attached hydrogens (tertiary/aromatic N) is 4. The molecule has 2 fully saturated rings. The Labute approximate surface area is 162 Å². The maximum atomic E-state index is 12.7. The molecule has 1 aliphatic carbocycles. The fraction of sp³-hybridized carbons (Fsp3) is 0.474. The van der Waals surface area contributed by atoms with Crippen molar-refractivity contribution in [3.05, 3.63) is 28.8 Å². The molecule has 1 atom stereocenters. The van der Waals surface area contributed by atoms with Crippen LogP contribution in [0.4, 0.5) is 6.01 Å². The van der Waals surface area contributed by atoms with Gasteiger partial charge in [0.25, 0.3) is 0 Å². The number of carbonyl (C=O) groups excluding carboxylic acids is 1. The highest BCUT2D eigenvalue weighted by atomic mass is 35.5. The molecule has 27 heavy (non-hydrogen) atoms. The van der Waals surface area contributed by atoms with Gasteiger partial charge in [-0.25, -0.2) is 0 Å². The minimum atomic E-state index is -0.452. The molecule has 1 saturated heterocycles. The number of carbonyl (C=O) groups is 1. The van der Waals surface area contributed by atoms with Crippen LogP contribution in [-0.4, -0.2) is 40.1 Å². The summed E-state index contributed by atoms with van der Waals surface area (Å²) in [6.45, 7) is 3.44. The van der Waals surface area contributed by atoms with Crippen molar-refractivity contribution in [1.82, 2.24) is 15.1 Å². The quantitative estimate of drug-likeness (QED) is 0.865. The Bertz CT molecular complexity index is 905. The predicted molar refractivity (Wildman–Crippen MR) is 100 cm³/mol. The van der Waals surface area contributed by atoms with E-state index in [0.29, 0.717) is 21.6 Å². The van der Waals surface area contributed by atoms with Crippen LogP contribution in [-0.2, 0) is 4.79 Å². The Morgan fingerprint density at radius 3 is 2.74 bits per heavy atom. The zero-order valence-corrected chi connectivity index (χ0v) is 15.8. The van der Waals surface area contributed by atoms with Crippen molar-refractivity contribution in [2.45, 2.75) is 38.6 Å². The summed E-state index contributed by atoms with van der Waals surface area (Å²) in [6, 6.07) is 6.65. The van der Waals surface area contributed by atoms with E-state index in [1.165, 1.54) is 12.8 Å². The zero-order valence-electron chi connectivity index (χ0n) is 15.0. The van der Waals surface area contributed by atoms with Crippen LogP contribution in [0.3, 0.4) is 0 Å². The fourth-order valence-corrected chi connectivity index (χ4v) is 3.70. The second kappa shape index (κ2) is 6.86. The Hall–Kier alpha value is -2.59. The van der Waals surface area contributed by atoms with Crippen LogP contribution in [0.1, 0.15) is 38.2 Å². The number of likely N-dealkylation sites (tertiary alicyclic amines) is 1. The number of piperidine rings is 1. The number of hydrogen-bond donors (Lipinski definition) is 1. The lowest BCUT2D eigenvalue weighted by molar-refractivity contribution is -0.133. The van der Waals surface area contributed by atoms with Crippen molar-refractivity contribution in [3.8, 4) is 17.5 Å². The van der Waals surface area contributed by atoms with Crippen LogP contribution in [0.5, 0.6) is 0 Å². The summed E-state index contributed by atoms with van der Waals surface area (Å²) < 4.78 is 5.60. The molecule has 2 heterocycles. The summed E-state index contributed by atoms with van der Waals surface area (Å²) in [7, 11) is 0. The lowest BCUT2D eigenvalue weighted by atomic mass is 9.93. The van der Waals surface area contributed by atoms with Crippen LogP contribution in [0.25, 0.3) is 11.5 Å². The van der Waals surface area contributed by atoms with Gasteiger partial charge >= 0.3 is 6.01 Å². The van der Waals surface area contributed by atoms with Gasteiger partial charge in [-0.05, 0) is 56.2 Å². The highest BCUT2D eigenvalue weighted by molar-refractivity contribution is 6.31. The maximum Gasteiger partial charge on any atom is 0.316 e. The van der Waals surface area contributed by atoms with Gasteiger partial charge in [-0.2, -0.15) is 5.26 Å². The average Bonchev–Trinajstić information content (AvgIpc) is 3.27. The Morgan fingerprint density at radius 1 is 1.33 bits per heavy atom. The van der Waals surface area contributed by atoms with Crippen LogP contribution < -0.4 is 5.32 Å². The Morgan fingerprint density at radius 2 is 2.07 bits per heavy atom. The van der Waals surface area contributed by atoms with E-state index in [2.05, 4.69) is 15.5 Å². The van der Waals surface area contributed by atoms with Crippen molar-refractivity contribution in [2.24, 2.45) is 5.41 Å². The van der Waals surface area contributed by atoms with Crippen LogP contribution in [0, 0.1) is 16.7 Å². The molecule has 1 aromatic carbocycles. The highest BCUT2D eigenvalue weighted by Crippen LogP contribution is 2.53. The second-order valence-corrected chi connectivity index (χ2v) is 7.82. The van der Waals surface area contributed by atoms with Gasteiger partial charge in [0.15, 0.2) is 0 Å². The van der Waals surface area contributed by atoms with E-state index in [9.17, 15) is 4.79 Å². The van der Waals surface area contributed by atoms with Crippen molar-refractivity contribution < 1.29 is 9.21 Å². The third kappa shape index (κ3) is 3.62. The third-order valence-electron chi connectivity index (χ3n) is 5.56. The Balaban J connectivity index is 1.40. The number of nitriles is 1. The van der Waals surface area contributed by atoms with Crippen LogP contribution in [0.2, 0.25) is 5.02 Å². The fourth-order valence-electron chi connectivity index (χ4n) is 3.54. The van der Waals surface area contributed by atoms with Crippen LogP contribution in [0.15, 0.2) is 22.6 Å². The number of hydrogen-bond acceptors (Lipinski definition) is 6. The molecule has 1 N–H and O–H groups in total. The topological polar surface area (TPSA) is 95.0 Å². The molecule has 4 rings (SSSR count). The molecule has 0 bridgehead atoms. The lowest BCUT2D eigenvalue weighted by Gasteiger charge is -2.33. The van der Waals surface area contributed by atoms with Gasteiger partial charge in [0.2, 0.25) is 11.8 Å². The molecule has 1 aliphatic heterocycles. The first-order chi connectivity index (χ1) is 13.0. The molecule has 140 valence electrons. The minimum Gasteiger partial charge on any atom is -0.403 e. The molecular weight excluding hydrogens is 366 g/mol.